The Kier molecular flexibility index (Phi) is 8.00. The van der Waals surface area contributed by atoms with Crippen LogP contribution in [0.3, 0.4) is 0 Å². The lowest BCUT2D eigenvalue weighted by molar-refractivity contribution is 0.148. The molecule has 120 valence electrons. The van der Waals surface area contributed by atoms with Gasteiger partial charge in [-0.25, -0.2) is 4.98 Å². The number of hydrogen-bond acceptors (Lipinski definition) is 6. The van der Waals surface area contributed by atoms with Gasteiger partial charge in [0.1, 0.15) is 5.69 Å². The Balaban J connectivity index is 2.95. The van der Waals surface area contributed by atoms with E-state index in [1.165, 1.54) is 0 Å². The molecule has 1 heterocycles. The quantitative estimate of drug-likeness (QED) is 0.714. The normalized spacial score (nSPS) is 13.8. The van der Waals surface area contributed by atoms with Crippen molar-refractivity contribution in [3.63, 3.8) is 0 Å². The average Bonchev–Trinajstić information content (AvgIpc) is 2.51. The summed E-state index contributed by atoms with van der Waals surface area (Å²) in [4.78, 5) is 8.78. The van der Waals surface area contributed by atoms with E-state index in [4.69, 9.17) is 14.2 Å². The van der Waals surface area contributed by atoms with Crippen molar-refractivity contribution in [1.29, 1.82) is 0 Å². The summed E-state index contributed by atoms with van der Waals surface area (Å²) in [6, 6.07) is 0.0865. The van der Waals surface area contributed by atoms with E-state index in [2.05, 4.69) is 29.1 Å². The molecule has 21 heavy (non-hydrogen) atoms. The molecule has 0 aliphatic heterocycles. The van der Waals surface area contributed by atoms with E-state index in [-0.39, 0.29) is 6.04 Å². The highest BCUT2D eigenvalue weighted by molar-refractivity contribution is 5.25. The smallest absolute Gasteiger partial charge is 0.240 e. The summed E-state index contributed by atoms with van der Waals surface area (Å²) in [5, 5.41) is 3.51. The van der Waals surface area contributed by atoms with Gasteiger partial charge in [0, 0.05) is 13.7 Å². The largest absolute Gasteiger partial charge is 0.480 e. The van der Waals surface area contributed by atoms with E-state index in [9.17, 15) is 0 Å². The van der Waals surface area contributed by atoms with E-state index in [0.29, 0.717) is 17.7 Å². The molecule has 1 rings (SSSR count). The van der Waals surface area contributed by atoms with Crippen molar-refractivity contribution in [1.82, 2.24) is 15.3 Å². The first-order valence-electron chi connectivity index (χ1n) is 7.33. The number of rotatable bonds is 10. The molecule has 0 saturated carbocycles. The summed E-state index contributed by atoms with van der Waals surface area (Å²) in [5.74, 6) is 1.38. The van der Waals surface area contributed by atoms with Gasteiger partial charge in [0.15, 0.2) is 0 Å². The summed E-state index contributed by atoms with van der Waals surface area (Å²) < 4.78 is 15.7. The predicted molar refractivity (Wildman–Crippen MR) is 81.8 cm³/mol. The Bertz CT molecular complexity index is 415. The molecule has 0 amide bonds. The first-order chi connectivity index (χ1) is 10.2. The molecule has 0 saturated heterocycles. The van der Waals surface area contributed by atoms with E-state index in [1.807, 2.05) is 0 Å². The van der Waals surface area contributed by atoms with Gasteiger partial charge in [-0.3, -0.25) is 0 Å². The number of nitrogens with one attached hydrogen (secondary N) is 1. The van der Waals surface area contributed by atoms with Crippen LogP contribution in [-0.2, 0) is 4.74 Å². The first kappa shape index (κ1) is 17.7. The van der Waals surface area contributed by atoms with Gasteiger partial charge >= 0.3 is 0 Å². The lowest BCUT2D eigenvalue weighted by Crippen LogP contribution is -2.26. The predicted octanol–water partition coefficient (Wildman–Crippen LogP) is 2.21. The van der Waals surface area contributed by atoms with Crippen molar-refractivity contribution in [2.24, 2.45) is 5.92 Å². The summed E-state index contributed by atoms with van der Waals surface area (Å²) in [6.07, 6.45) is 3.59. The van der Waals surface area contributed by atoms with Gasteiger partial charge in [-0.15, -0.1) is 0 Å². The van der Waals surface area contributed by atoms with Crippen LogP contribution in [0, 0.1) is 5.92 Å². The molecule has 1 aromatic heterocycles. The molecule has 0 spiro atoms. The average molecular weight is 297 g/mol. The fraction of sp³-hybridized carbons (Fsp3) is 0.733. The van der Waals surface area contributed by atoms with Gasteiger partial charge in [0.25, 0.3) is 0 Å². The Hall–Kier alpha value is -1.40. The number of ether oxygens (including phenoxy) is 3. The standard InChI is InChI=1S/C15H27N3O3/c1-6-7-16-12(8-11(2)10-19-3)14-15(21-5)18-13(20-4)9-17-14/h9,11-12,16H,6-8,10H2,1-5H3. The van der Waals surface area contributed by atoms with Crippen LogP contribution in [0.1, 0.15) is 38.4 Å². The van der Waals surface area contributed by atoms with Crippen LogP contribution in [0.2, 0.25) is 0 Å². The molecule has 2 unspecified atom stereocenters. The van der Waals surface area contributed by atoms with Crippen molar-refractivity contribution in [3.05, 3.63) is 11.9 Å². The molecule has 0 aliphatic carbocycles. The summed E-state index contributed by atoms with van der Waals surface area (Å²) >= 11 is 0. The van der Waals surface area contributed by atoms with Crippen LogP contribution >= 0.6 is 0 Å². The number of nitrogens with zero attached hydrogens (tertiary/aromatic N) is 2. The highest BCUT2D eigenvalue weighted by Gasteiger charge is 2.21. The zero-order chi connectivity index (χ0) is 15.7. The molecule has 0 aliphatic rings. The highest BCUT2D eigenvalue weighted by Crippen LogP contribution is 2.27. The third kappa shape index (κ3) is 5.47. The monoisotopic (exact) mass is 297 g/mol. The highest BCUT2D eigenvalue weighted by atomic mass is 16.5. The van der Waals surface area contributed by atoms with Crippen LogP contribution in [0.5, 0.6) is 11.8 Å². The van der Waals surface area contributed by atoms with Crippen molar-refractivity contribution >= 4 is 0 Å². The van der Waals surface area contributed by atoms with Crippen LogP contribution in [0.15, 0.2) is 6.20 Å². The molecule has 2 atom stereocenters. The number of hydrogen-bond donors (Lipinski definition) is 1. The first-order valence-corrected chi connectivity index (χ1v) is 7.33. The van der Waals surface area contributed by atoms with E-state index < -0.39 is 0 Å². The molecule has 6 nitrogen and oxygen atoms in total. The van der Waals surface area contributed by atoms with Crippen LogP contribution in [0.4, 0.5) is 0 Å². The van der Waals surface area contributed by atoms with E-state index >= 15 is 0 Å². The number of aromatic nitrogens is 2. The summed E-state index contributed by atoms with van der Waals surface area (Å²) in [7, 11) is 4.89. The molecular weight excluding hydrogens is 270 g/mol. The maximum atomic E-state index is 5.37. The molecule has 1 N–H and O–H groups in total. The third-order valence-corrected chi connectivity index (χ3v) is 3.21. The molecule has 0 radical (unpaired) electrons. The molecular formula is C15H27N3O3. The minimum absolute atomic E-state index is 0.0865. The van der Waals surface area contributed by atoms with E-state index in [1.54, 1.807) is 27.5 Å². The van der Waals surface area contributed by atoms with Gasteiger partial charge in [0.2, 0.25) is 11.8 Å². The topological polar surface area (TPSA) is 65.5 Å². The molecule has 1 aromatic rings. The zero-order valence-electron chi connectivity index (χ0n) is 13.7. The molecule has 6 heteroatoms. The maximum absolute atomic E-state index is 5.37. The lowest BCUT2D eigenvalue weighted by Gasteiger charge is -2.22. The van der Waals surface area contributed by atoms with Gasteiger partial charge in [-0.05, 0) is 25.3 Å². The van der Waals surface area contributed by atoms with Crippen molar-refractivity contribution in [3.8, 4) is 11.8 Å². The minimum Gasteiger partial charge on any atom is -0.480 e. The maximum Gasteiger partial charge on any atom is 0.240 e. The van der Waals surface area contributed by atoms with E-state index in [0.717, 1.165) is 31.7 Å². The summed E-state index contributed by atoms with van der Waals surface area (Å²) in [6.45, 7) is 5.94. The van der Waals surface area contributed by atoms with Gasteiger partial charge < -0.3 is 19.5 Å². The SMILES string of the molecule is CCCNC(CC(C)COC)c1ncc(OC)nc1OC. The van der Waals surface area contributed by atoms with Gasteiger partial charge in [0.05, 0.1) is 26.5 Å². The summed E-state index contributed by atoms with van der Waals surface area (Å²) in [5.41, 5.74) is 0.815. The second-order valence-corrected chi connectivity index (χ2v) is 5.11. The third-order valence-electron chi connectivity index (χ3n) is 3.21. The second-order valence-electron chi connectivity index (χ2n) is 5.11. The zero-order valence-corrected chi connectivity index (χ0v) is 13.7. The van der Waals surface area contributed by atoms with Crippen LogP contribution in [-0.4, -0.2) is 44.4 Å². The number of methoxy groups -OCH3 is 3. The Morgan fingerprint density at radius 1 is 1.24 bits per heavy atom. The van der Waals surface area contributed by atoms with Crippen LogP contribution in [0.25, 0.3) is 0 Å². The van der Waals surface area contributed by atoms with Crippen molar-refractivity contribution in [2.75, 3.05) is 34.5 Å². The van der Waals surface area contributed by atoms with Gasteiger partial charge in [-0.1, -0.05) is 13.8 Å². The minimum atomic E-state index is 0.0865. The Labute approximate surface area is 127 Å². The lowest BCUT2D eigenvalue weighted by atomic mass is 10.00. The fourth-order valence-electron chi connectivity index (χ4n) is 2.22. The van der Waals surface area contributed by atoms with Crippen LogP contribution < -0.4 is 14.8 Å². The molecule has 0 fully saturated rings. The Morgan fingerprint density at radius 2 is 2.00 bits per heavy atom. The van der Waals surface area contributed by atoms with Gasteiger partial charge in [-0.2, -0.15) is 4.98 Å². The molecule has 0 bridgehead atoms. The fourth-order valence-corrected chi connectivity index (χ4v) is 2.22. The molecule has 0 aromatic carbocycles. The van der Waals surface area contributed by atoms with Crippen molar-refractivity contribution in [2.45, 2.75) is 32.7 Å². The second kappa shape index (κ2) is 9.52. The Morgan fingerprint density at radius 3 is 2.57 bits per heavy atom. The van der Waals surface area contributed by atoms with Crippen molar-refractivity contribution < 1.29 is 14.2 Å².